The molecule has 1 N–H and O–H groups in total. The van der Waals surface area contributed by atoms with Crippen molar-refractivity contribution < 1.29 is 24.0 Å². The molecule has 1 amide bonds. The summed E-state index contributed by atoms with van der Waals surface area (Å²) in [5.74, 6) is -2.52. The number of ketones is 1. The molecule has 4 rings (SSSR count). The van der Waals surface area contributed by atoms with E-state index in [1.165, 1.54) is 35.4 Å². The van der Waals surface area contributed by atoms with Crippen LogP contribution in [0.25, 0.3) is 11.4 Å². The Morgan fingerprint density at radius 2 is 1.76 bits per heavy atom. The van der Waals surface area contributed by atoms with Crippen molar-refractivity contribution in [2.24, 2.45) is 0 Å². The van der Waals surface area contributed by atoms with Crippen LogP contribution in [-0.4, -0.2) is 53.6 Å². The van der Waals surface area contributed by atoms with Gasteiger partial charge in [-0.25, -0.2) is 9.07 Å². The van der Waals surface area contributed by atoms with Gasteiger partial charge in [0.1, 0.15) is 5.82 Å². The summed E-state index contributed by atoms with van der Waals surface area (Å²) in [5.41, 5.74) is 1.98. The second-order valence-corrected chi connectivity index (χ2v) is 8.37. The van der Waals surface area contributed by atoms with E-state index in [9.17, 15) is 19.1 Å². The molecule has 1 fully saturated rings. The number of rotatable bonds is 6. The summed E-state index contributed by atoms with van der Waals surface area (Å²) in [6.45, 7) is 2.62. The molecule has 170 valence electrons. The Morgan fingerprint density at radius 3 is 2.39 bits per heavy atom. The molecule has 33 heavy (non-hydrogen) atoms. The minimum atomic E-state index is -0.878. The van der Waals surface area contributed by atoms with E-state index in [1.807, 2.05) is 44.4 Å². The molecule has 0 saturated carbocycles. The molecule has 2 aromatic carbocycles. The molecule has 0 radical (unpaired) electrons. The van der Waals surface area contributed by atoms with Gasteiger partial charge in [-0.3, -0.25) is 9.59 Å². The van der Waals surface area contributed by atoms with Gasteiger partial charge in [-0.2, -0.15) is 5.10 Å². The standard InChI is InChI=1S/C25H25FN4O3/c1-16-20(15-27-30(16)19-7-5-4-6-8-19)23(31)21-22(17-9-11-18(26)12-10-17)29(14-13-28(2)3)25(33)24(21)32/h4-12,15,22,31H,13-14H2,1-3H3/b23-21+. The number of benzene rings is 2. The zero-order chi connectivity index (χ0) is 23.7. The van der Waals surface area contributed by atoms with Gasteiger partial charge in [-0.1, -0.05) is 36.1 Å². The molecule has 1 aliphatic heterocycles. The number of Topliss-reactive ketones (excluding diaryl/α,β-unsaturated/α-hetero) is 1. The van der Waals surface area contributed by atoms with Crippen molar-refractivity contribution in [1.29, 1.82) is 0 Å². The average Bonchev–Trinajstić information content (AvgIpc) is 3.30. The monoisotopic (exact) mass is 448 g/mol. The van der Waals surface area contributed by atoms with Gasteiger partial charge >= 0.3 is 0 Å². The van der Waals surface area contributed by atoms with Crippen LogP contribution >= 0.6 is 0 Å². The summed E-state index contributed by atoms with van der Waals surface area (Å²) >= 11 is 0. The quantitative estimate of drug-likeness (QED) is 0.342. The van der Waals surface area contributed by atoms with Gasteiger partial charge < -0.3 is 14.9 Å². The van der Waals surface area contributed by atoms with Crippen molar-refractivity contribution in [3.63, 3.8) is 0 Å². The summed E-state index contributed by atoms with van der Waals surface area (Å²) in [6, 6.07) is 14.0. The normalized spacial score (nSPS) is 17.8. The highest BCUT2D eigenvalue weighted by molar-refractivity contribution is 6.46. The molecular formula is C25H25FN4O3. The number of amides is 1. The van der Waals surface area contributed by atoms with Crippen LogP contribution in [0.4, 0.5) is 4.39 Å². The second-order valence-electron chi connectivity index (χ2n) is 8.37. The number of quaternary nitrogens is 1. The predicted molar refractivity (Wildman–Crippen MR) is 119 cm³/mol. The number of hydrogen-bond donors (Lipinski definition) is 1. The highest BCUT2D eigenvalue weighted by Crippen LogP contribution is 2.38. The van der Waals surface area contributed by atoms with Gasteiger partial charge in [0.05, 0.1) is 45.1 Å². The molecule has 0 bridgehead atoms. The number of nitrogens with one attached hydrogen (secondary N) is 1. The maximum absolute atomic E-state index is 13.6. The smallest absolute Gasteiger partial charge is 0.295 e. The number of halogens is 1. The molecular weight excluding hydrogens is 423 g/mol. The predicted octanol–water partition coefficient (Wildman–Crippen LogP) is 0.688. The van der Waals surface area contributed by atoms with Gasteiger partial charge in [-0.05, 0) is 36.8 Å². The molecule has 3 aromatic rings. The number of aromatic nitrogens is 2. The van der Waals surface area contributed by atoms with Gasteiger partial charge in [0.15, 0.2) is 0 Å². The molecule has 8 heteroatoms. The minimum Gasteiger partial charge on any atom is -0.872 e. The van der Waals surface area contributed by atoms with Crippen molar-refractivity contribution in [2.75, 3.05) is 27.2 Å². The van der Waals surface area contributed by atoms with Crippen molar-refractivity contribution in [3.05, 3.63) is 89.0 Å². The minimum absolute atomic E-state index is 0.129. The first kappa shape index (κ1) is 22.4. The van der Waals surface area contributed by atoms with Crippen LogP contribution in [-0.2, 0) is 9.59 Å². The first-order chi connectivity index (χ1) is 15.8. The molecule has 2 heterocycles. The van der Waals surface area contributed by atoms with Crippen LogP contribution < -0.4 is 10.0 Å². The van der Waals surface area contributed by atoms with Crippen molar-refractivity contribution >= 4 is 17.4 Å². The molecule has 0 spiro atoms. The summed E-state index contributed by atoms with van der Waals surface area (Å²) in [4.78, 5) is 28.5. The largest absolute Gasteiger partial charge is 0.872 e. The first-order valence-electron chi connectivity index (χ1n) is 10.7. The van der Waals surface area contributed by atoms with E-state index < -0.39 is 29.3 Å². The van der Waals surface area contributed by atoms with Crippen LogP contribution in [0.2, 0.25) is 0 Å². The molecule has 0 aliphatic carbocycles. The number of likely N-dealkylation sites (tertiary alicyclic amines) is 1. The van der Waals surface area contributed by atoms with Gasteiger partial charge in [-0.15, -0.1) is 0 Å². The summed E-state index contributed by atoms with van der Waals surface area (Å²) < 4.78 is 15.2. The molecule has 1 aliphatic rings. The van der Waals surface area contributed by atoms with Crippen LogP contribution in [0.1, 0.15) is 22.9 Å². The Kier molecular flexibility index (Phi) is 6.11. The lowest BCUT2D eigenvalue weighted by atomic mass is 9.95. The highest BCUT2D eigenvalue weighted by atomic mass is 19.1. The fraction of sp³-hybridized carbons (Fsp3) is 0.240. The molecule has 1 atom stereocenters. The maximum Gasteiger partial charge on any atom is 0.295 e. The van der Waals surface area contributed by atoms with Crippen LogP contribution in [0.3, 0.4) is 0 Å². The third-order valence-electron chi connectivity index (χ3n) is 5.82. The van der Waals surface area contributed by atoms with E-state index in [1.54, 1.807) is 11.6 Å². The number of likely N-dealkylation sites (N-methyl/N-ethyl adjacent to an activating group) is 1. The lowest BCUT2D eigenvalue weighted by molar-refractivity contribution is -0.857. The summed E-state index contributed by atoms with van der Waals surface area (Å²) in [5, 5.41) is 18.0. The number of carbonyl (C=O) groups is 2. The number of hydrogen-bond acceptors (Lipinski definition) is 4. The lowest BCUT2D eigenvalue weighted by Crippen LogP contribution is -3.06. The van der Waals surface area contributed by atoms with Crippen molar-refractivity contribution in [2.45, 2.75) is 13.0 Å². The molecule has 1 unspecified atom stereocenters. The van der Waals surface area contributed by atoms with E-state index in [0.29, 0.717) is 17.8 Å². The van der Waals surface area contributed by atoms with E-state index in [-0.39, 0.29) is 17.7 Å². The second kappa shape index (κ2) is 8.99. The Morgan fingerprint density at radius 1 is 1.09 bits per heavy atom. The molecule has 1 aromatic heterocycles. The fourth-order valence-electron chi connectivity index (χ4n) is 4.04. The van der Waals surface area contributed by atoms with Gasteiger partial charge in [0.2, 0.25) is 5.78 Å². The maximum atomic E-state index is 13.6. The summed E-state index contributed by atoms with van der Waals surface area (Å²) in [6.07, 6.45) is 1.42. The van der Waals surface area contributed by atoms with E-state index in [4.69, 9.17) is 0 Å². The van der Waals surface area contributed by atoms with Crippen molar-refractivity contribution in [3.8, 4) is 5.69 Å². The third-order valence-corrected chi connectivity index (χ3v) is 5.82. The van der Waals surface area contributed by atoms with Crippen LogP contribution in [0.5, 0.6) is 0 Å². The van der Waals surface area contributed by atoms with Crippen molar-refractivity contribution in [1.82, 2.24) is 14.7 Å². The average molecular weight is 448 g/mol. The van der Waals surface area contributed by atoms with E-state index >= 15 is 0 Å². The van der Waals surface area contributed by atoms with Crippen LogP contribution in [0, 0.1) is 12.7 Å². The zero-order valence-electron chi connectivity index (χ0n) is 18.7. The summed E-state index contributed by atoms with van der Waals surface area (Å²) in [7, 11) is 3.87. The van der Waals surface area contributed by atoms with E-state index in [0.717, 1.165) is 10.6 Å². The number of carbonyl (C=O) groups excluding carboxylic acids is 2. The Hall–Kier alpha value is -3.78. The Balaban J connectivity index is 1.84. The third kappa shape index (κ3) is 4.17. The highest BCUT2D eigenvalue weighted by Gasteiger charge is 2.44. The van der Waals surface area contributed by atoms with Gasteiger partial charge in [0, 0.05) is 16.8 Å². The molecule has 1 saturated heterocycles. The molecule has 7 nitrogen and oxygen atoms in total. The number of para-hydroxylation sites is 1. The zero-order valence-corrected chi connectivity index (χ0v) is 18.7. The lowest BCUT2D eigenvalue weighted by Gasteiger charge is -2.27. The first-order valence-corrected chi connectivity index (χ1v) is 10.7. The Bertz CT molecular complexity index is 1220. The van der Waals surface area contributed by atoms with E-state index in [2.05, 4.69) is 5.10 Å². The fourth-order valence-corrected chi connectivity index (χ4v) is 4.04. The topological polar surface area (TPSA) is 82.7 Å². The number of nitrogens with zero attached hydrogens (tertiary/aromatic N) is 3. The Labute approximate surface area is 191 Å². The van der Waals surface area contributed by atoms with Gasteiger partial charge in [0.25, 0.3) is 5.91 Å². The SMILES string of the molecule is Cc1c(/C([O-])=C2\C(=O)C(=O)N(CC[NH+](C)C)C2c2ccc(F)cc2)cnn1-c1ccccc1. The van der Waals surface area contributed by atoms with Crippen LogP contribution in [0.15, 0.2) is 66.4 Å².